The predicted molar refractivity (Wildman–Crippen MR) is 50.0 cm³/mol. The largest absolute Gasteiger partial charge is 0.297 e. The minimum absolute atomic E-state index is 0.506. The first-order valence-corrected chi connectivity index (χ1v) is 4.39. The van der Waals surface area contributed by atoms with Gasteiger partial charge in [0.05, 0.1) is 6.54 Å². The van der Waals surface area contributed by atoms with E-state index in [0.29, 0.717) is 18.6 Å². The van der Waals surface area contributed by atoms with Crippen LogP contribution in [0.25, 0.3) is 0 Å². The van der Waals surface area contributed by atoms with Crippen LogP contribution in [0.2, 0.25) is 0 Å². The Bertz CT molecular complexity index is 152. The van der Waals surface area contributed by atoms with E-state index in [0.717, 1.165) is 6.54 Å². The molecule has 0 N–H and O–H groups in total. The predicted octanol–water partition coefficient (Wildman–Crippen LogP) is 1.44. The van der Waals surface area contributed by atoms with Crippen LogP contribution in [-0.4, -0.2) is 36.2 Å². The molecule has 0 amide bonds. The molecule has 0 aromatic heterocycles. The molecule has 0 aliphatic rings. The molecule has 0 unspecified atom stereocenters. The zero-order valence-corrected chi connectivity index (χ0v) is 8.37. The van der Waals surface area contributed by atoms with E-state index in [1.54, 1.807) is 6.08 Å². The third-order valence-electron chi connectivity index (χ3n) is 1.86. The molecule has 0 saturated carbocycles. The number of hydrogen-bond donors (Lipinski definition) is 0. The maximum atomic E-state index is 9.82. The van der Waals surface area contributed by atoms with Crippen molar-refractivity contribution in [2.45, 2.75) is 39.8 Å². The molecule has 0 spiro atoms. The smallest absolute Gasteiger partial charge is 0.234 e. The molecule has 0 aromatic carbocycles. The average Bonchev–Trinajstić information content (AvgIpc) is 1.96. The Morgan fingerprint density at radius 2 is 1.75 bits per heavy atom. The summed E-state index contributed by atoms with van der Waals surface area (Å²) in [6, 6.07) is 1.01. The fraction of sp³-hybridized carbons (Fsp3) is 0.889. The number of rotatable bonds is 5. The molecule has 0 bridgehead atoms. The summed E-state index contributed by atoms with van der Waals surface area (Å²) in [6.45, 7) is 9.97. The lowest BCUT2D eigenvalue weighted by molar-refractivity contribution is 0.181. The molecular formula is C9H18N2O. The number of hydrogen-bond acceptors (Lipinski definition) is 3. The normalized spacial score (nSPS) is 10.9. The number of isocyanates is 1. The lowest BCUT2D eigenvalue weighted by Crippen LogP contribution is -2.38. The van der Waals surface area contributed by atoms with Gasteiger partial charge in [-0.1, -0.05) is 0 Å². The molecule has 0 radical (unpaired) electrons. The van der Waals surface area contributed by atoms with Gasteiger partial charge in [0.2, 0.25) is 6.08 Å². The lowest BCUT2D eigenvalue weighted by atomic mass is 10.2. The summed E-state index contributed by atoms with van der Waals surface area (Å²) in [5.41, 5.74) is 0. The molecule has 0 aliphatic carbocycles. The average molecular weight is 170 g/mol. The van der Waals surface area contributed by atoms with Gasteiger partial charge in [0.1, 0.15) is 0 Å². The van der Waals surface area contributed by atoms with Gasteiger partial charge in [-0.2, -0.15) is 0 Å². The highest BCUT2D eigenvalue weighted by Crippen LogP contribution is 2.03. The Morgan fingerprint density at radius 3 is 2.08 bits per heavy atom. The van der Waals surface area contributed by atoms with Gasteiger partial charge in [-0.15, -0.1) is 0 Å². The fourth-order valence-corrected chi connectivity index (χ4v) is 1.32. The molecule has 0 heterocycles. The van der Waals surface area contributed by atoms with Crippen LogP contribution in [0.3, 0.4) is 0 Å². The topological polar surface area (TPSA) is 32.7 Å². The van der Waals surface area contributed by atoms with E-state index in [1.165, 1.54) is 0 Å². The van der Waals surface area contributed by atoms with Crippen molar-refractivity contribution in [1.82, 2.24) is 4.90 Å². The van der Waals surface area contributed by atoms with Crippen LogP contribution in [0, 0.1) is 0 Å². The van der Waals surface area contributed by atoms with Crippen LogP contribution < -0.4 is 0 Å². The van der Waals surface area contributed by atoms with Crippen molar-refractivity contribution in [3.63, 3.8) is 0 Å². The molecule has 12 heavy (non-hydrogen) atoms. The molecule has 3 nitrogen and oxygen atoms in total. The third-order valence-corrected chi connectivity index (χ3v) is 1.86. The summed E-state index contributed by atoms with van der Waals surface area (Å²) < 4.78 is 0. The second-order valence-corrected chi connectivity index (χ2v) is 3.40. The monoisotopic (exact) mass is 170 g/mol. The number of nitrogens with zero attached hydrogens (tertiary/aromatic N) is 2. The lowest BCUT2D eigenvalue weighted by Gasteiger charge is -2.29. The summed E-state index contributed by atoms with van der Waals surface area (Å²) in [5.74, 6) is 0. The summed E-state index contributed by atoms with van der Waals surface area (Å²) in [5, 5.41) is 0. The van der Waals surface area contributed by atoms with Crippen molar-refractivity contribution in [2.75, 3.05) is 13.1 Å². The van der Waals surface area contributed by atoms with Crippen LogP contribution >= 0.6 is 0 Å². The zero-order chi connectivity index (χ0) is 9.56. The van der Waals surface area contributed by atoms with E-state index in [9.17, 15) is 4.79 Å². The zero-order valence-electron chi connectivity index (χ0n) is 8.37. The van der Waals surface area contributed by atoms with Crippen molar-refractivity contribution in [2.24, 2.45) is 4.99 Å². The van der Waals surface area contributed by atoms with E-state index in [1.807, 2.05) is 0 Å². The fourth-order valence-electron chi connectivity index (χ4n) is 1.32. The van der Waals surface area contributed by atoms with Gasteiger partial charge in [-0.3, -0.25) is 4.90 Å². The Hall–Kier alpha value is -0.660. The van der Waals surface area contributed by atoms with Crippen LogP contribution in [0.1, 0.15) is 27.7 Å². The first-order chi connectivity index (χ1) is 5.59. The Kier molecular flexibility index (Phi) is 5.60. The Labute approximate surface area is 74.5 Å². The van der Waals surface area contributed by atoms with E-state index in [4.69, 9.17) is 0 Å². The van der Waals surface area contributed by atoms with Gasteiger partial charge in [0.15, 0.2) is 0 Å². The van der Waals surface area contributed by atoms with Gasteiger partial charge in [0.25, 0.3) is 0 Å². The molecule has 0 atom stereocenters. The van der Waals surface area contributed by atoms with Gasteiger partial charge in [-0.05, 0) is 27.7 Å². The molecular weight excluding hydrogens is 152 g/mol. The van der Waals surface area contributed by atoms with E-state index < -0.39 is 0 Å². The maximum absolute atomic E-state index is 9.82. The van der Waals surface area contributed by atoms with Crippen LogP contribution in [0.5, 0.6) is 0 Å². The highest BCUT2D eigenvalue weighted by atomic mass is 16.1. The van der Waals surface area contributed by atoms with Crippen molar-refractivity contribution in [3.8, 4) is 0 Å². The highest BCUT2D eigenvalue weighted by molar-refractivity contribution is 5.32. The SMILES string of the molecule is CC(C)N(CCN=C=O)C(C)C. The summed E-state index contributed by atoms with van der Waals surface area (Å²) in [7, 11) is 0. The van der Waals surface area contributed by atoms with Crippen molar-refractivity contribution in [1.29, 1.82) is 0 Å². The van der Waals surface area contributed by atoms with E-state index in [-0.39, 0.29) is 0 Å². The van der Waals surface area contributed by atoms with E-state index >= 15 is 0 Å². The molecule has 0 fully saturated rings. The molecule has 0 aromatic rings. The minimum atomic E-state index is 0.506. The van der Waals surface area contributed by atoms with Crippen LogP contribution in [0.15, 0.2) is 4.99 Å². The quantitative estimate of drug-likeness (QED) is 0.462. The second kappa shape index (κ2) is 5.92. The molecule has 0 saturated heterocycles. The maximum Gasteiger partial charge on any atom is 0.234 e. The Balaban J connectivity index is 3.87. The number of aliphatic imine (C=N–C) groups is 1. The third kappa shape index (κ3) is 4.27. The highest BCUT2D eigenvalue weighted by Gasteiger charge is 2.11. The first-order valence-electron chi connectivity index (χ1n) is 4.39. The van der Waals surface area contributed by atoms with Crippen LogP contribution in [0.4, 0.5) is 0 Å². The van der Waals surface area contributed by atoms with Gasteiger partial charge >= 0.3 is 0 Å². The first kappa shape index (κ1) is 11.3. The molecule has 0 aliphatic heterocycles. The van der Waals surface area contributed by atoms with Gasteiger partial charge in [0, 0.05) is 18.6 Å². The number of carbonyl (C=O) groups excluding carboxylic acids is 1. The summed E-state index contributed by atoms with van der Waals surface area (Å²) in [6.07, 6.45) is 1.55. The van der Waals surface area contributed by atoms with Crippen LogP contribution in [-0.2, 0) is 4.79 Å². The van der Waals surface area contributed by atoms with Gasteiger partial charge < -0.3 is 0 Å². The second-order valence-electron chi connectivity index (χ2n) is 3.40. The van der Waals surface area contributed by atoms with Crippen molar-refractivity contribution < 1.29 is 4.79 Å². The molecule has 0 rings (SSSR count). The summed E-state index contributed by atoms with van der Waals surface area (Å²) >= 11 is 0. The van der Waals surface area contributed by atoms with Crippen molar-refractivity contribution in [3.05, 3.63) is 0 Å². The standard InChI is InChI=1S/C9H18N2O/c1-8(2)11(9(3)4)6-5-10-7-12/h8-9H,5-6H2,1-4H3. The summed E-state index contributed by atoms with van der Waals surface area (Å²) in [4.78, 5) is 15.6. The van der Waals surface area contributed by atoms with Crippen molar-refractivity contribution >= 4 is 6.08 Å². The van der Waals surface area contributed by atoms with Gasteiger partial charge in [-0.25, -0.2) is 9.79 Å². The van der Waals surface area contributed by atoms with E-state index in [2.05, 4.69) is 37.6 Å². The Morgan fingerprint density at radius 1 is 1.25 bits per heavy atom. The molecule has 70 valence electrons. The minimum Gasteiger partial charge on any atom is -0.297 e. The molecule has 3 heteroatoms.